The fraction of sp³-hybridized carbons (Fsp3) is 0.333. The average molecular weight is 400 g/mol. The maximum atomic E-state index is 13.4. The van der Waals surface area contributed by atoms with Gasteiger partial charge in [-0.15, -0.1) is 6.58 Å². The molecule has 2 aromatic carbocycles. The lowest BCUT2D eigenvalue weighted by Crippen LogP contribution is -2.46. The van der Waals surface area contributed by atoms with E-state index in [1.165, 1.54) is 26.0 Å². The second-order valence-corrected chi connectivity index (χ2v) is 7.22. The third-order valence-electron chi connectivity index (χ3n) is 5.22. The van der Waals surface area contributed by atoms with Crippen molar-refractivity contribution < 1.29 is 20.1 Å². The third-order valence-corrected chi connectivity index (χ3v) is 5.22. The van der Waals surface area contributed by atoms with Crippen LogP contribution < -0.4 is 4.90 Å². The minimum absolute atomic E-state index is 0. The summed E-state index contributed by atoms with van der Waals surface area (Å²) in [6.45, 7) is 11.3. The van der Waals surface area contributed by atoms with Gasteiger partial charge in [0.2, 0.25) is 5.91 Å². The van der Waals surface area contributed by atoms with E-state index in [1.807, 2.05) is 43.3 Å². The standard InChI is InChI=1S/C15H18FNO.C9H10O2.H2/c1-5-13-9(2)10(3)17(11(4)18)15-8-12(16)6-7-14(13)15;1-8(10)11-7-9-5-3-2-4-6-9;/h5-10,13H,1H2,2-4H3;2-6H,7H2,1H3;1H/t9?,10-,13+;;/m0../s1. The van der Waals surface area contributed by atoms with Crippen molar-refractivity contribution in [3.63, 3.8) is 0 Å². The Kier molecular flexibility index (Phi) is 7.71. The van der Waals surface area contributed by atoms with Crippen LogP contribution in [0.2, 0.25) is 0 Å². The number of benzene rings is 2. The molecule has 1 aliphatic heterocycles. The van der Waals surface area contributed by atoms with Crippen molar-refractivity contribution in [2.24, 2.45) is 5.92 Å². The van der Waals surface area contributed by atoms with Crippen LogP contribution in [0.15, 0.2) is 61.2 Å². The number of ether oxygens (including phenoxy) is 1. The Morgan fingerprint density at radius 3 is 2.38 bits per heavy atom. The minimum Gasteiger partial charge on any atom is -0.461 e. The van der Waals surface area contributed by atoms with Gasteiger partial charge in [-0.2, -0.15) is 0 Å². The maximum Gasteiger partial charge on any atom is 0.302 e. The molecule has 3 rings (SSSR count). The van der Waals surface area contributed by atoms with Gasteiger partial charge in [0.1, 0.15) is 12.4 Å². The van der Waals surface area contributed by atoms with Crippen LogP contribution in [0.1, 0.15) is 46.2 Å². The highest BCUT2D eigenvalue weighted by Gasteiger charge is 2.36. The van der Waals surface area contributed by atoms with E-state index in [4.69, 9.17) is 4.74 Å². The number of nitrogens with zero attached hydrogens (tertiary/aromatic N) is 1. The SMILES string of the molecule is C=C[C@H]1c2ccc(F)cc2N(C(C)=O)[C@@H](C)C1C.CC(=O)OCc1ccccc1.[HH]. The molecule has 156 valence electrons. The zero-order valence-electron chi connectivity index (χ0n) is 17.4. The molecule has 0 N–H and O–H groups in total. The van der Waals surface area contributed by atoms with E-state index < -0.39 is 0 Å². The maximum absolute atomic E-state index is 13.4. The van der Waals surface area contributed by atoms with E-state index in [2.05, 4.69) is 13.5 Å². The predicted molar refractivity (Wildman–Crippen MR) is 115 cm³/mol. The number of amides is 1. The molecule has 0 aromatic heterocycles. The lowest BCUT2D eigenvalue weighted by Gasteiger charge is -2.42. The monoisotopic (exact) mass is 399 g/mol. The zero-order chi connectivity index (χ0) is 21.6. The van der Waals surface area contributed by atoms with Crippen molar-refractivity contribution >= 4 is 17.6 Å². The summed E-state index contributed by atoms with van der Waals surface area (Å²) in [5.41, 5.74) is 2.67. The smallest absolute Gasteiger partial charge is 0.302 e. The Morgan fingerprint density at radius 2 is 1.83 bits per heavy atom. The van der Waals surface area contributed by atoms with Gasteiger partial charge < -0.3 is 9.64 Å². The molecule has 3 atom stereocenters. The highest BCUT2D eigenvalue weighted by Crippen LogP contribution is 2.42. The molecule has 1 amide bonds. The van der Waals surface area contributed by atoms with Gasteiger partial charge in [0.05, 0.1) is 5.69 Å². The number of fused-ring (bicyclic) bond motifs is 1. The number of carbonyl (C=O) groups excluding carboxylic acids is 2. The number of rotatable bonds is 3. The second-order valence-electron chi connectivity index (χ2n) is 7.22. The van der Waals surface area contributed by atoms with Crippen LogP contribution in [0.5, 0.6) is 0 Å². The van der Waals surface area contributed by atoms with Gasteiger partial charge in [-0.3, -0.25) is 9.59 Å². The molecule has 2 aromatic rings. The third kappa shape index (κ3) is 5.53. The van der Waals surface area contributed by atoms with E-state index in [9.17, 15) is 14.0 Å². The first-order valence-corrected chi connectivity index (χ1v) is 9.65. The average Bonchev–Trinajstić information content (AvgIpc) is 2.68. The number of esters is 1. The molecule has 0 spiro atoms. The molecule has 4 nitrogen and oxygen atoms in total. The molecular weight excluding hydrogens is 369 g/mol. The van der Waals surface area contributed by atoms with Crippen molar-refractivity contribution in [3.05, 3.63) is 78.1 Å². The van der Waals surface area contributed by atoms with E-state index in [1.54, 1.807) is 11.0 Å². The van der Waals surface area contributed by atoms with E-state index in [0.29, 0.717) is 12.3 Å². The Labute approximate surface area is 173 Å². The molecule has 29 heavy (non-hydrogen) atoms. The van der Waals surface area contributed by atoms with Crippen molar-refractivity contribution in [1.82, 2.24) is 0 Å². The summed E-state index contributed by atoms with van der Waals surface area (Å²) in [4.78, 5) is 23.9. The predicted octanol–water partition coefficient (Wildman–Crippen LogP) is 5.48. The summed E-state index contributed by atoms with van der Waals surface area (Å²) in [7, 11) is 0. The lowest BCUT2D eigenvalue weighted by atomic mass is 9.78. The summed E-state index contributed by atoms with van der Waals surface area (Å²) >= 11 is 0. The fourth-order valence-corrected chi connectivity index (χ4v) is 3.60. The summed E-state index contributed by atoms with van der Waals surface area (Å²) in [5, 5.41) is 0. The number of hydrogen-bond donors (Lipinski definition) is 0. The molecule has 1 heterocycles. The highest BCUT2D eigenvalue weighted by molar-refractivity contribution is 5.93. The molecule has 1 aliphatic rings. The molecule has 5 heteroatoms. The van der Waals surface area contributed by atoms with Crippen LogP contribution in [0.25, 0.3) is 0 Å². The number of carbonyl (C=O) groups is 2. The Morgan fingerprint density at radius 1 is 1.17 bits per heavy atom. The first kappa shape index (κ1) is 22.3. The van der Waals surface area contributed by atoms with E-state index >= 15 is 0 Å². The number of allylic oxidation sites excluding steroid dienone is 1. The number of halogens is 1. The summed E-state index contributed by atoms with van der Waals surface area (Å²) < 4.78 is 18.2. The Balaban J connectivity index is 0.000000324. The van der Waals surface area contributed by atoms with Crippen LogP contribution in [0.4, 0.5) is 10.1 Å². The molecule has 0 saturated carbocycles. The van der Waals surface area contributed by atoms with Crippen molar-refractivity contribution in [3.8, 4) is 0 Å². The van der Waals surface area contributed by atoms with Gasteiger partial charge in [-0.25, -0.2) is 4.39 Å². The van der Waals surface area contributed by atoms with Crippen molar-refractivity contribution in [2.75, 3.05) is 4.90 Å². The number of anilines is 1. The van der Waals surface area contributed by atoms with Crippen LogP contribution in [-0.2, 0) is 20.9 Å². The topological polar surface area (TPSA) is 46.6 Å². The van der Waals surface area contributed by atoms with Gasteiger partial charge in [0.15, 0.2) is 0 Å². The van der Waals surface area contributed by atoms with Gasteiger partial charge >= 0.3 is 5.97 Å². The molecular formula is C24H30FNO3. The van der Waals surface area contributed by atoms with Gasteiger partial charge in [-0.1, -0.05) is 49.4 Å². The number of hydrogen-bond acceptors (Lipinski definition) is 3. The van der Waals surface area contributed by atoms with Crippen LogP contribution >= 0.6 is 0 Å². The zero-order valence-corrected chi connectivity index (χ0v) is 17.4. The molecule has 0 aliphatic carbocycles. The van der Waals surface area contributed by atoms with Crippen LogP contribution in [0.3, 0.4) is 0 Å². The summed E-state index contributed by atoms with van der Waals surface area (Å²) in [6.07, 6.45) is 1.88. The highest BCUT2D eigenvalue weighted by atomic mass is 19.1. The summed E-state index contributed by atoms with van der Waals surface area (Å²) in [6, 6.07) is 14.3. The normalized spacial score (nSPS) is 20.0. The van der Waals surface area contributed by atoms with E-state index in [-0.39, 0.29) is 37.0 Å². The minimum atomic E-state index is -0.315. The lowest BCUT2D eigenvalue weighted by molar-refractivity contribution is -0.142. The molecule has 0 saturated heterocycles. The summed E-state index contributed by atoms with van der Waals surface area (Å²) in [5.74, 6) is -0.183. The quantitative estimate of drug-likeness (QED) is 0.507. The second kappa shape index (κ2) is 10.0. The van der Waals surface area contributed by atoms with Crippen molar-refractivity contribution in [1.29, 1.82) is 0 Å². The Hall–Kier alpha value is -2.95. The fourth-order valence-electron chi connectivity index (χ4n) is 3.60. The first-order chi connectivity index (χ1) is 13.8. The Bertz CT molecular complexity index is 872. The van der Waals surface area contributed by atoms with Crippen LogP contribution in [-0.4, -0.2) is 17.9 Å². The van der Waals surface area contributed by atoms with Crippen molar-refractivity contribution in [2.45, 2.75) is 46.3 Å². The largest absolute Gasteiger partial charge is 0.461 e. The molecule has 0 radical (unpaired) electrons. The first-order valence-electron chi connectivity index (χ1n) is 9.65. The van der Waals surface area contributed by atoms with Gasteiger partial charge in [-0.05, 0) is 36.1 Å². The molecule has 0 bridgehead atoms. The molecule has 1 unspecified atom stereocenters. The van der Waals surface area contributed by atoms with E-state index in [0.717, 1.165) is 11.1 Å². The molecule has 0 fully saturated rings. The van der Waals surface area contributed by atoms with Gasteiger partial charge in [0, 0.05) is 27.2 Å². The van der Waals surface area contributed by atoms with Crippen LogP contribution in [0, 0.1) is 11.7 Å². The van der Waals surface area contributed by atoms with Gasteiger partial charge in [0.25, 0.3) is 0 Å².